The molecule has 5 nitrogen and oxygen atoms in total. The van der Waals surface area contributed by atoms with Crippen molar-refractivity contribution < 1.29 is 9.53 Å². The Bertz CT molecular complexity index is 652. The van der Waals surface area contributed by atoms with Crippen molar-refractivity contribution in [2.45, 2.75) is 0 Å². The van der Waals surface area contributed by atoms with Crippen molar-refractivity contribution in [1.29, 1.82) is 0 Å². The number of hydrogen-bond acceptors (Lipinski definition) is 4. The Morgan fingerprint density at radius 1 is 0.957 bits per heavy atom. The lowest BCUT2D eigenvalue weighted by molar-refractivity contribution is -0.133. The highest BCUT2D eigenvalue weighted by molar-refractivity contribution is 5.78. The first-order valence-electron chi connectivity index (χ1n) is 7.79. The van der Waals surface area contributed by atoms with Gasteiger partial charge in [0.1, 0.15) is 5.75 Å². The number of ether oxygens (including phenoxy) is 1. The third kappa shape index (κ3) is 3.74. The maximum absolute atomic E-state index is 12.2. The Morgan fingerprint density at radius 2 is 1.61 bits per heavy atom. The molecule has 0 unspecified atom stereocenters. The van der Waals surface area contributed by atoms with Gasteiger partial charge in [0.2, 0.25) is 0 Å². The van der Waals surface area contributed by atoms with Crippen LogP contribution in [0.4, 0.5) is 11.4 Å². The summed E-state index contributed by atoms with van der Waals surface area (Å²) in [6.45, 7) is 3.02. The van der Waals surface area contributed by atoms with Gasteiger partial charge in [0, 0.05) is 26.2 Å². The number of piperazine rings is 1. The van der Waals surface area contributed by atoms with Crippen LogP contribution in [0.1, 0.15) is 0 Å². The van der Waals surface area contributed by atoms with Crippen molar-refractivity contribution in [3.63, 3.8) is 0 Å². The molecular weight excluding hydrogens is 290 g/mol. The Morgan fingerprint density at radius 3 is 2.30 bits per heavy atom. The van der Waals surface area contributed by atoms with Gasteiger partial charge < -0.3 is 20.3 Å². The van der Waals surface area contributed by atoms with Crippen LogP contribution in [-0.2, 0) is 4.79 Å². The molecule has 1 fully saturated rings. The van der Waals surface area contributed by atoms with E-state index in [1.165, 1.54) is 0 Å². The fraction of sp³-hybridized carbons (Fsp3) is 0.278. The molecule has 120 valence electrons. The summed E-state index contributed by atoms with van der Waals surface area (Å²) >= 11 is 0. The van der Waals surface area contributed by atoms with Crippen LogP contribution in [0.5, 0.6) is 5.75 Å². The summed E-state index contributed by atoms with van der Waals surface area (Å²) in [5, 5.41) is 0. The molecule has 1 aliphatic heterocycles. The number of carbonyl (C=O) groups excluding carboxylic acids is 1. The molecule has 1 saturated heterocycles. The van der Waals surface area contributed by atoms with Crippen molar-refractivity contribution in [2.24, 2.45) is 0 Å². The molecule has 1 amide bonds. The highest BCUT2D eigenvalue weighted by Crippen LogP contribution is 2.23. The van der Waals surface area contributed by atoms with E-state index in [1.807, 2.05) is 59.5 Å². The highest BCUT2D eigenvalue weighted by atomic mass is 16.5. The molecule has 0 saturated carbocycles. The summed E-state index contributed by atoms with van der Waals surface area (Å²) in [5.41, 5.74) is 7.84. The van der Waals surface area contributed by atoms with Gasteiger partial charge in [-0.05, 0) is 24.3 Å². The molecule has 0 spiro atoms. The van der Waals surface area contributed by atoms with Gasteiger partial charge >= 0.3 is 0 Å². The first kappa shape index (κ1) is 15.2. The number of para-hydroxylation sites is 3. The van der Waals surface area contributed by atoms with E-state index >= 15 is 0 Å². The van der Waals surface area contributed by atoms with Crippen LogP contribution in [-0.4, -0.2) is 43.6 Å². The minimum Gasteiger partial charge on any atom is -0.484 e. The molecule has 0 aliphatic carbocycles. The lowest BCUT2D eigenvalue weighted by Gasteiger charge is -2.36. The van der Waals surface area contributed by atoms with Crippen molar-refractivity contribution in [3.05, 3.63) is 54.6 Å². The van der Waals surface area contributed by atoms with Gasteiger partial charge in [0.15, 0.2) is 6.61 Å². The lowest BCUT2D eigenvalue weighted by Crippen LogP contribution is -2.50. The van der Waals surface area contributed by atoms with Gasteiger partial charge in [-0.25, -0.2) is 0 Å². The number of rotatable bonds is 4. The number of carbonyl (C=O) groups is 1. The Kier molecular flexibility index (Phi) is 4.66. The molecule has 3 rings (SSSR count). The van der Waals surface area contributed by atoms with Crippen molar-refractivity contribution >= 4 is 17.3 Å². The number of nitrogens with two attached hydrogens (primary N) is 1. The predicted molar refractivity (Wildman–Crippen MR) is 91.6 cm³/mol. The van der Waals surface area contributed by atoms with E-state index in [9.17, 15) is 4.79 Å². The molecule has 5 heteroatoms. The molecule has 0 atom stereocenters. The van der Waals surface area contributed by atoms with E-state index in [2.05, 4.69) is 4.90 Å². The Labute approximate surface area is 136 Å². The van der Waals surface area contributed by atoms with Crippen LogP contribution in [0.25, 0.3) is 0 Å². The second kappa shape index (κ2) is 7.05. The number of anilines is 2. The van der Waals surface area contributed by atoms with E-state index in [0.29, 0.717) is 13.1 Å². The summed E-state index contributed by atoms with van der Waals surface area (Å²) in [6, 6.07) is 17.2. The minimum atomic E-state index is 0.0227. The first-order valence-corrected chi connectivity index (χ1v) is 7.79. The summed E-state index contributed by atoms with van der Waals surface area (Å²) in [4.78, 5) is 16.3. The molecule has 1 aliphatic rings. The zero-order valence-corrected chi connectivity index (χ0v) is 13.0. The second-order valence-corrected chi connectivity index (χ2v) is 5.53. The quantitative estimate of drug-likeness (QED) is 0.877. The standard InChI is InChI=1S/C18H21N3O2/c19-16-8-4-5-9-17(16)20-10-12-21(13-11-20)18(22)14-23-15-6-2-1-3-7-15/h1-9H,10-14,19H2. The SMILES string of the molecule is Nc1ccccc1N1CCN(C(=O)COc2ccccc2)CC1. The smallest absolute Gasteiger partial charge is 0.260 e. The number of hydrogen-bond donors (Lipinski definition) is 1. The van der Waals surface area contributed by atoms with Crippen molar-refractivity contribution in [1.82, 2.24) is 4.90 Å². The van der Waals surface area contributed by atoms with Gasteiger partial charge in [-0.1, -0.05) is 30.3 Å². The molecule has 2 aromatic rings. The molecule has 0 aromatic heterocycles. The average molecular weight is 311 g/mol. The van der Waals surface area contributed by atoms with Crippen LogP contribution in [0.15, 0.2) is 54.6 Å². The van der Waals surface area contributed by atoms with Crippen LogP contribution in [0, 0.1) is 0 Å². The molecule has 0 radical (unpaired) electrons. The number of nitrogens with zero attached hydrogens (tertiary/aromatic N) is 2. The molecule has 2 aromatic carbocycles. The summed E-state index contributed by atoms with van der Waals surface area (Å²) in [5.74, 6) is 0.742. The number of benzene rings is 2. The van der Waals surface area contributed by atoms with Crippen molar-refractivity contribution in [3.8, 4) is 5.75 Å². The first-order chi connectivity index (χ1) is 11.2. The molecule has 0 bridgehead atoms. The van der Waals surface area contributed by atoms with Gasteiger partial charge in [0.05, 0.1) is 11.4 Å². The fourth-order valence-corrected chi connectivity index (χ4v) is 2.73. The summed E-state index contributed by atoms with van der Waals surface area (Å²) < 4.78 is 5.53. The zero-order valence-electron chi connectivity index (χ0n) is 13.0. The van der Waals surface area contributed by atoms with E-state index in [0.717, 1.165) is 30.2 Å². The molecular formula is C18H21N3O2. The minimum absolute atomic E-state index is 0.0227. The maximum atomic E-state index is 12.2. The second-order valence-electron chi connectivity index (χ2n) is 5.53. The van der Waals surface area contributed by atoms with Gasteiger partial charge in [-0.3, -0.25) is 4.79 Å². The largest absolute Gasteiger partial charge is 0.484 e. The predicted octanol–water partition coefficient (Wildman–Crippen LogP) is 2.00. The van der Waals surface area contributed by atoms with Crippen molar-refractivity contribution in [2.75, 3.05) is 43.4 Å². The number of amides is 1. The normalized spacial score (nSPS) is 14.6. The maximum Gasteiger partial charge on any atom is 0.260 e. The van der Waals surface area contributed by atoms with Gasteiger partial charge in [-0.2, -0.15) is 0 Å². The number of nitrogen functional groups attached to an aromatic ring is 1. The lowest BCUT2D eigenvalue weighted by atomic mass is 10.2. The van der Waals surface area contributed by atoms with E-state index < -0.39 is 0 Å². The zero-order chi connectivity index (χ0) is 16.1. The third-order valence-electron chi connectivity index (χ3n) is 4.02. The van der Waals surface area contributed by atoms with Gasteiger partial charge in [0.25, 0.3) is 5.91 Å². The molecule has 1 heterocycles. The average Bonchev–Trinajstić information content (AvgIpc) is 2.61. The monoisotopic (exact) mass is 311 g/mol. The van der Waals surface area contributed by atoms with Crippen LogP contribution >= 0.6 is 0 Å². The van der Waals surface area contributed by atoms with Crippen LogP contribution in [0.3, 0.4) is 0 Å². The Hall–Kier alpha value is -2.69. The van der Waals surface area contributed by atoms with Crippen LogP contribution in [0.2, 0.25) is 0 Å². The molecule has 23 heavy (non-hydrogen) atoms. The van der Waals surface area contributed by atoms with Crippen LogP contribution < -0.4 is 15.4 Å². The van der Waals surface area contributed by atoms with E-state index in [1.54, 1.807) is 0 Å². The fourth-order valence-electron chi connectivity index (χ4n) is 2.73. The highest BCUT2D eigenvalue weighted by Gasteiger charge is 2.22. The third-order valence-corrected chi connectivity index (χ3v) is 4.02. The van der Waals surface area contributed by atoms with E-state index in [-0.39, 0.29) is 12.5 Å². The molecule has 2 N–H and O–H groups in total. The van der Waals surface area contributed by atoms with Gasteiger partial charge in [-0.15, -0.1) is 0 Å². The summed E-state index contributed by atoms with van der Waals surface area (Å²) in [7, 11) is 0. The van der Waals surface area contributed by atoms with E-state index in [4.69, 9.17) is 10.5 Å². The topological polar surface area (TPSA) is 58.8 Å². The Balaban J connectivity index is 1.50. The summed E-state index contributed by atoms with van der Waals surface area (Å²) in [6.07, 6.45) is 0.